The zero-order valence-corrected chi connectivity index (χ0v) is 17.9. The third kappa shape index (κ3) is 5.73. The summed E-state index contributed by atoms with van der Waals surface area (Å²) in [4.78, 5) is 4.80. The van der Waals surface area contributed by atoms with Crippen LogP contribution in [0.2, 0.25) is 0 Å². The third-order valence-electron chi connectivity index (χ3n) is 3.99. The summed E-state index contributed by atoms with van der Waals surface area (Å²) in [6.07, 6.45) is 12.0. The maximum Gasteiger partial charge on any atom is 0.187 e. The molecule has 1 aromatic carbocycles. The smallest absolute Gasteiger partial charge is 0.187 e. The Kier molecular flexibility index (Phi) is 7.76. The van der Waals surface area contributed by atoms with Gasteiger partial charge in [0.15, 0.2) is 5.11 Å². The number of hydrogen-bond acceptors (Lipinski definition) is 6. The largest absolute Gasteiger partial charge is 0.496 e. The minimum absolute atomic E-state index is 0.266. The van der Waals surface area contributed by atoms with Crippen LogP contribution >= 0.6 is 35.7 Å². The molecule has 2 N–H and O–H groups in total. The second-order valence-corrected chi connectivity index (χ2v) is 8.76. The standard InChI is InChI=1S/C20H22N4OS3/c1-3-10-21-19(26)24-22-12-14-8-9-17(25-2)15(11-14)13-27-20-23-16-6-4-5-7-18(16)28-20/h3-9,11-12,16,18H,1,10,13H2,2H3,(H2,21,24,26)/b22-12-/t16-,18-/m0/s1. The van der Waals surface area contributed by atoms with Gasteiger partial charge < -0.3 is 10.1 Å². The third-order valence-corrected chi connectivity index (χ3v) is 6.69. The Morgan fingerprint density at radius 1 is 1.43 bits per heavy atom. The first kappa shape index (κ1) is 20.7. The lowest BCUT2D eigenvalue weighted by Crippen LogP contribution is -2.31. The van der Waals surface area contributed by atoms with Crippen molar-refractivity contribution in [2.45, 2.75) is 17.0 Å². The van der Waals surface area contributed by atoms with E-state index in [1.54, 1.807) is 31.2 Å². The molecule has 146 valence electrons. The van der Waals surface area contributed by atoms with Crippen molar-refractivity contribution in [3.8, 4) is 5.75 Å². The molecular weight excluding hydrogens is 408 g/mol. The number of nitrogens with zero attached hydrogens (tertiary/aromatic N) is 2. The lowest BCUT2D eigenvalue weighted by molar-refractivity contribution is 0.411. The van der Waals surface area contributed by atoms with E-state index < -0.39 is 0 Å². The van der Waals surface area contributed by atoms with E-state index in [1.807, 2.05) is 23.9 Å². The number of nitrogens with one attached hydrogen (secondary N) is 2. The first-order valence-corrected chi connectivity index (χ1v) is 11.0. The van der Waals surface area contributed by atoms with Gasteiger partial charge in [-0.3, -0.25) is 10.4 Å². The molecule has 3 rings (SSSR count). The molecule has 8 heteroatoms. The summed E-state index contributed by atoms with van der Waals surface area (Å²) in [5, 5.41) is 8.02. The molecule has 2 atom stereocenters. The van der Waals surface area contributed by atoms with Crippen molar-refractivity contribution in [1.29, 1.82) is 0 Å². The number of fused-ring (bicyclic) bond motifs is 1. The molecule has 0 spiro atoms. The highest BCUT2D eigenvalue weighted by molar-refractivity contribution is 8.39. The van der Waals surface area contributed by atoms with Gasteiger partial charge in [-0.05, 0) is 36.0 Å². The van der Waals surface area contributed by atoms with Gasteiger partial charge in [0.2, 0.25) is 0 Å². The average molecular weight is 431 g/mol. The van der Waals surface area contributed by atoms with E-state index in [-0.39, 0.29) is 6.04 Å². The molecule has 0 aromatic heterocycles. The molecule has 0 saturated heterocycles. The first-order valence-electron chi connectivity index (χ1n) is 8.76. The number of hydrogen-bond donors (Lipinski definition) is 2. The molecule has 5 nitrogen and oxygen atoms in total. The zero-order chi connectivity index (χ0) is 19.8. The van der Waals surface area contributed by atoms with Gasteiger partial charge in [0, 0.05) is 17.9 Å². The van der Waals surface area contributed by atoms with E-state index in [1.165, 1.54) is 0 Å². The van der Waals surface area contributed by atoms with Gasteiger partial charge in [0.1, 0.15) is 10.1 Å². The van der Waals surface area contributed by atoms with Gasteiger partial charge in [-0.25, -0.2) is 0 Å². The fourth-order valence-corrected chi connectivity index (χ4v) is 5.14. The Morgan fingerprint density at radius 3 is 3.07 bits per heavy atom. The van der Waals surface area contributed by atoms with Crippen molar-refractivity contribution < 1.29 is 4.74 Å². The topological polar surface area (TPSA) is 58.0 Å². The molecule has 1 aliphatic heterocycles. The van der Waals surface area contributed by atoms with Crippen LogP contribution in [0.25, 0.3) is 0 Å². The molecule has 28 heavy (non-hydrogen) atoms. The Morgan fingerprint density at radius 2 is 2.29 bits per heavy atom. The summed E-state index contributed by atoms with van der Waals surface area (Å²) < 4.78 is 6.63. The maximum atomic E-state index is 5.51. The molecule has 0 bridgehead atoms. The maximum absolute atomic E-state index is 5.51. The van der Waals surface area contributed by atoms with Crippen LogP contribution in [0.15, 0.2) is 65.3 Å². The van der Waals surface area contributed by atoms with Gasteiger partial charge in [-0.2, -0.15) is 5.10 Å². The monoisotopic (exact) mass is 430 g/mol. The van der Waals surface area contributed by atoms with Gasteiger partial charge >= 0.3 is 0 Å². The van der Waals surface area contributed by atoms with Crippen molar-refractivity contribution in [2.75, 3.05) is 13.7 Å². The van der Waals surface area contributed by atoms with E-state index in [0.29, 0.717) is 16.9 Å². The number of thiocarbonyl (C=S) groups is 1. The average Bonchev–Trinajstić information content (AvgIpc) is 3.14. The van der Waals surface area contributed by atoms with Crippen molar-refractivity contribution >= 4 is 51.4 Å². The van der Waals surface area contributed by atoms with Crippen molar-refractivity contribution in [3.05, 3.63) is 66.3 Å². The summed E-state index contributed by atoms with van der Waals surface area (Å²) in [7, 11) is 1.69. The summed E-state index contributed by atoms with van der Waals surface area (Å²) >= 11 is 8.68. The fraction of sp³-hybridized carbons (Fsp3) is 0.250. The number of thioether (sulfide) groups is 2. The number of hydrazone groups is 1. The van der Waals surface area contributed by atoms with Crippen LogP contribution in [0.3, 0.4) is 0 Å². The van der Waals surface area contributed by atoms with Crippen LogP contribution in [-0.4, -0.2) is 40.6 Å². The van der Waals surface area contributed by atoms with E-state index in [0.717, 1.165) is 27.0 Å². The van der Waals surface area contributed by atoms with Crippen LogP contribution in [0.5, 0.6) is 5.75 Å². The predicted molar refractivity (Wildman–Crippen MR) is 127 cm³/mol. The number of benzene rings is 1. The highest BCUT2D eigenvalue weighted by Crippen LogP contribution is 2.37. The van der Waals surface area contributed by atoms with E-state index in [2.05, 4.69) is 52.8 Å². The molecular formula is C20H22N4OS3. The van der Waals surface area contributed by atoms with Crippen LogP contribution in [0.4, 0.5) is 0 Å². The summed E-state index contributed by atoms with van der Waals surface area (Å²) in [6, 6.07) is 6.26. The second kappa shape index (κ2) is 10.5. The predicted octanol–water partition coefficient (Wildman–Crippen LogP) is 3.88. The van der Waals surface area contributed by atoms with Crippen molar-refractivity contribution in [2.24, 2.45) is 10.1 Å². The lowest BCUT2D eigenvalue weighted by atomic mass is 10.1. The van der Waals surface area contributed by atoms with Gasteiger partial charge in [0.05, 0.1) is 24.6 Å². The van der Waals surface area contributed by atoms with E-state index >= 15 is 0 Å². The normalized spacial score (nSPS) is 20.0. The number of ether oxygens (including phenoxy) is 1. The Labute approximate surface area is 179 Å². The molecule has 1 aromatic rings. The van der Waals surface area contributed by atoms with Crippen LogP contribution in [-0.2, 0) is 5.75 Å². The fourth-order valence-electron chi connectivity index (χ4n) is 2.64. The van der Waals surface area contributed by atoms with E-state index in [9.17, 15) is 0 Å². The molecule has 0 radical (unpaired) electrons. The highest BCUT2D eigenvalue weighted by Gasteiger charge is 2.27. The molecule has 1 aliphatic carbocycles. The second-order valence-electron chi connectivity index (χ2n) is 5.97. The molecule has 0 saturated carbocycles. The first-order chi connectivity index (χ1) is 13.7. The SMILES string of the molecule is C=CCNC(=S)N/N=C\c1ccc(OC)c(CSC2=N[C@H]3C=CC=C[C@@H]3S2)c1. The molecule has 0 unspecified atom stereocenters. The van der Waals surface area contributed by atoms with Crippen LogP contribution in [0, 0.1) is 0 Å². The minimum atomic E-state index is 0.266. The Balaban J connectivity index is 1.60. The van der Waals surface area contributed by atoms with Gasteiger partial charge in [0.25, 0.3) is 0 Å². The van der Waals surface area contributed by atoms with Gasteiger partial charge in [-0.15, -0.1) is 6.58 Å². The highest BCUT2D eigenvalue weighted by atomic mass is 32.2. The Hall–Kier alpha value is -2.03. The molecule has 1 heterocycles. The number of rotatable bonds is 7. The summed E-state index contributed by atoms with van der Waals surface area (Å²) in [6.45, 7) is 4.23. The van der Waals surface area contributed by atoms with E-state index in [4.69, 9.17) is 21.9 Å². The molecule has 0 fully saturated rings. The number of allylic oxidation sites excluding steroid dienone is 2. The molecule has 2 aliphatic rings. The van der Waals surface area contributed by atoms with Crippen molar-refractivity contribution in [3.63, 3.8) is 0 Å². The van der Waals surface area contributed by atoms with Crippen LogP contribution in [0.1, 0.15) is 11.1 Å². The summed E-state index contributed by atoms with van der Waals surface area (Å²) in [5.74, 6) is 1.65. The minimum Gasteiger partial charge on any atom is -0.496 e. The molecule has 0 amide bonds. The summed E-state index contributed by atoms with van der Waals surface area (Å²) in [5.41, 5.74) is 4.86. The quantitative estimate of drug-likeness (QED) is 0.296. The van der Waals surface area contributed by atoms with Crippen LogP contribution < -0.4 is 15.5 Å². The number of aliphatic imine (C=N–C) groups is 1. The lowest BCUT2D eigenvalue weighted by Gasteiger charge is -2.11. The van der Waals surface area contributed by atoms with Gasteiger partial charge in [-0.1, -0.05) is 53.9 Å². The van der Waals surface area contributed by atoms with Crippen molar-refractivity contribution in [1.82, 2.24) is 10.7 Å². The zero-order valence-electron chi connectivity index (χ0n) is 15.5. The Bertz CT molecular complexity index is 848. The number of methoxy groups -OCH3 is 1.